The van der Waals surface area contributed by atoms with Gasteiger partial charge in [0.25, 0.3) is 5.56 Å². The second kappa shape index (κ2) is 10.3. The summed E-state index contributed by atoms with van der Waals surface area (Å²) in [6.07, 6.45) is 3.19. The second-order valence-corrected chi connectivity index (χ2v) is 9.41. The van der Waals surface area contributed by atoms with Gasteiger partial charge in [0.05, 0.1) is 19.7 Å². The number of pyridine rings is 1. The molecule has 0 unspecified atom stereocenters. The van der Waals surface area contributed by atoms with Crippen LogP contribution in [0, 0.1) is 25.5 Å². The number of aromatic nitrogens is 5. The first-order valence-electron chi connectivity index (χ1n) is 12.4. The number of hydrogen-bond donors (Lipinski definition) is 1. The van der Waals surface area contributed by atoms with Gasteiger partial charge in [-0.2, -0.15) is 10.1 Å². The van der Waals surface area contributed by atoms with Gasteiger partial charge in [0.15, 0.2) is 10.8 Å². The highest BCUT2D eigenvalue weighted by Crippen LogP contribution is 2.24. The van der Waals surface area contributed by atoms with Crippen molar-refractivity contribution >= 4 is 17.5 Å². The highest BCUT2D eigenvalue weighted by molar-refractivity contribution is 6.31. The van der Waals surface area contributed by atoms with Crippen LogP contribution < -0.4 is 15.6 Å². The molecular formula is C26H25ClF2N6O3. The van der Waals surface area contributed by atoms with Gasteiger partial charge in [0.1, 0.15) is 24.0 Å². The molecular weight excluding hydrogens is 518 g/mol. The van der Waals surface area contributed by atoms with Gasteiger partial charge >= 0.3 is 0 Å². The average molecular weight is 545 g/mol. The number of nitrogens with one attached hydrogen (secondary N) is 1. The monoisotopic (exact) mass is 544 g/mol. The molecule has 198 valence electrons. The Morgan fingerprint density at radius 3 is 2.66 bits per heavy atom. The molecule has 1 N–H and O–H groups in total. The Balaban J connectivity index is 1.73. The van der Waals surface area contributed by atoms with Crippen LogP contribution in [0.3, 0.4) is 0 Å². The zero-order valence-electron chi connectivity index (χ0n) is 23.1. The molecule has 0 aliphatic heterocycles. The maximum atomic E-state index is 14.2. The van der Waals surface area contributed by atoms with Crippen molar-refractivity contribution in [2.75, 3.05) is 0 Å². The minimum Gasteiger partial charge on any atom is -0.471 e. The first kappa shape index (κ1) is 24.2. The predicted octanol–water partition coefficient (Wildman–Crippen LogP) is 4.31. The van der Waals surface area contributed by atoms with E-state index in [1.54, 1.807) is 25.3 Å². The number of benzene rings is 1. The molecule has 0 saturated carbocycles. The minimum absolute atomic E-state index is 0.0907. The van der Waals surface area contributed by atoms with Crippen LogP contribution in [0.15, 0.2) is 47.5 Å². The van der Waals surface area contributed by atoms with Crippen molar-refractivity contribution in [1.29, 1.82) is 0 Å². The first-order chi connectivity index (χ1) is 18.6. The standard InChI is InChI=1S/C26H25ClF2N6O3/c1-14-12-30-22(34-9-8-21(33-34)26(4,5)32-16(3)36)11-20(14)35-15(2)31-24(23(27)25(35)37)38-13-17-6-7-18(28)10-19(17)29/h6-12H,13H2,1-5H3,(H,32,36)/i13D2. The minimum atomic E-state index is -2.82. The molecule has 0 aliphatic carbocycles. The van der Waals surface area contributed by atoms with Crippen LogP contribution >= 0.6 is 11.6 Å². The third kappa shape index (κ3) is 5.42. The highest BCUT2D eigenvalue weighted by Gasteiger charge is 2.25. The Labute approximate surface area is 224 Å². The quantitative estimate of drug-likeness (QED) is 0.372. The van der Waals surface area contributed by atoms with E-state index in [0.717, 1.165) is 12.1 Å². The number of halogens is 3. The van der Waals surface area contributed by atoms with Gasteiger partial charge in [-0.15, -0.1) is 0 Å². The maximum Gasteiger partial charge on any atom is 0.280 e. The molecule has 0 radical (unpaired) electrons. The molecule has 0 bridgehead atoms. The zero-order valence-corrected chi connectivity index (χ0v) is 21.9. The van der Waals surface area contributed by atoms with E-state index in [1.165, 1.54) is 29.3 Å². The first-order valence-corrected chi connectivity index (χ1v) is 11.7. The van der Waals surface area contributed by atoms with Crippen LogP contribution in [-0.4, -0.2) is 30.2 Å². The van der Waals surface area contributed by atoms with Crippen molar-refractivity contribution in [2.45, 2.75) is 46.7 Å². The van der Waals surface area contributed by atoms with Gasteiger partial charge in [-0.25, -0.2) is 18.4 Å². The topological polar surface area (TPSA) is 104 Å². The number of carbonyl (C=O) groups excluding carboxylic acids is 1. The molecule has 4 rings (SSSR count). The van der Waals surface area contributed by atoms with Crippen LogP contribution in [0.1, 0.15) is 46.2 Å². The second-order valence-electron chi connectivity index (χ2n) is 9.03. The number of carbonyl (C=O) groups is 1. The van der Waals surface area contributed by atoms with Crippen molar-refractivity contribution in [3.8, 4) is 17.4 Å². The lowest BCUT2D eigenvalue weighted by molar-refractivity contribution is -0.120. The van der Waals surface area contributed by atoms with E-state index < -0.39 is 45.8 Å². The molecule has 0 aliphatic rings. The largest absolute Gasteiger partial charge is 0.471 e. The van der Waals surface area contributed by atoms with E-state index in [2.05, 4.69) is 20.4 Å². The summed E-state index contributed by atoms with van der Waals surface area (Å²) in [6.45, 7) is 5.42. The van der Waals surface area contributed by atoms with Crippen LogP contribution in [0.5, 0.6) is 5.88 Å². The third-order valence-electron chi connectivity index (χ3n) is 5.61. The van der Waals surface area contributed by atoms with E-state index in [0.29, 0.717) is 28.8 Å². The molecule has 1 aromatic carbocycles. The van der Waals surface area contributed by atoms with Crippen molar-refractivity contribution in [2.24, 2.45) is 0 Å². The normalized spacial score (nSPS) is 12.6. The Kier molecular flexibility index (Phi) is 6.59. The third-order valence-corrected chi connectivity index (χ3v) is 5.93. The molecule has 3 heterocycles. The van der Waals surface area contributed by atoms with E-state index >= 15 is 0 Å². The lowest BCUT2D eigenvalue weighted by Crippen LogP contribution is -2.40. The van der Waals surface area contributed by atoms with Gasteiger partial charge in [-0.1, -0.05) is 11.6 Å². The SMILES string of the molecule is [2H]C([2H])(Oc1nc(C)n(-c2cc(-n3ccc(C(C)(C)NC(C)=O)n3)ncc2C)c(=O)c1Cl)c1ccc(F)cc1F. The fraction of sp³-hybridized carbons (Fsp3) is 0.269. The number of aryl methyl sites for hydroxylation is 2. The van der Waals surface area contributed by atoms with E-state index in [9.17, 15) is 18.4 Å². The number of ether oxygens (including phenoxy) is 1. The fourth-order valence-corrected chi connectivity index (χ4v) is 3.93. The van der Waals surface area contributed by atoms with Crippen LogP contribution in [0.25, 0.3) is 11.5 Å². The molecule has 3 aromatic heterocycles. The van der Waals surface area contributed by atoms with Crippen molar-refractivity contribution in [3.63, 3.8) is 0 Å². The zero-order chi connectivity index (χ0) is 29.6. The van der Waals surface area contributed by atoms with Gasteiger partial charge in [0, 0.05) is 37.0 Å². The summed E-state index contributed by atoms with van der Waals surface area (Å²) in [5.74, 6) is -2.38. The van der Waals surface area contributed by atoms with E-state index in [1.807, 2.05) is 13.8 Å². The maximum absolute atomic E-state index is 14.2. The molecule has 0 spiro atoms. The highest BCUT2D eigenvalue weighted by atomic mass is 35.5. The van der Waals surface area contributed by atoms with Crippen molar-refractivity contribution in [1.82, 2.24) is 29.6 Å². The summed E-state index contributed by atoms with van der Waals surface area (Å²) in [4.78, 5) is 33.5. The summed E-state index contributed by atoms with van der Waals surface area (Å²) in [6, 6.07) is 5.62. The predicted molar refractivity (Wildman–Crippen MR) is 137 cm³/mol. The van der Waals surface area contributed by atoms with Gasteiger partial charge in [-0.05, 0) is 51.5 Å². The van der Waals surface area contributed by atoms with Gasteiger partial charge in [-0.3, -0.25) is 14.2 Å². The lowest BCUT2D eigenvalue weighted by atomic mass is 10.0. The average Bonchev–Trinajstić information content (AvgIpc) is 3.34. The van der Waals surface area contributed by atoms with Crippen molar-refractivity contribution < 1.29 is 21.1 Å². The van der Waals surface area contributed by atoms with Crippen LogP contribution in [0.4, 0.5) is 8.78 Å². The number of amides is 1. The van der Waals surface area contributed by atoms with E-state index in [4.69, 9.17) is 19.1 Å². The Morgan fingerprint density at radius 2 is 1.97 bits per heavy atom. The molecule has 12 heteroatoms. The molecule has 9 nitrogen and oxygen atoms in total. The summed E-state index contributed by atoms with van der Waals surface area (Å²) in [7, 11) is 0. The van der Waals surface area contributed by atoms with Gasteiger partial charge in [0.2, 0.25) is 11.8 Å². The van der Waals surface area contributed by atoms with Crippen molar-refractivity contribution in [3.05, 3.63) is 92.4 Å². The number of hydrogen-bond acceptors (Lipinski definition) is 6. The summed E-state index contributed by atoms with van der Waals surface area (Å²) in [5.41, 5.74) is -0.559. The number of nitrogens with zero attached hydrogens (tertiary/aromatic N) is 5. The summed E-state index contributed by atoms with van der Waals surface area (Å²) in [5, 5.41) is 6.80. The molecule has 38 heavy (non-hydrogen) atoms. The summed E-state index contributed by atoms with van der Waals surface area (Å²) < 4.78 is 51.7. The molecule has 1 amide bonds. The summed E-state index contributed by atoms with van der Waals surface area (Å²) >= 11 is 6.27. The Morgan fingerprint density at radius 1 is 1.24 bits per heavy atom. The van der Waals surface area contributed by atoms with Gasteiger partial charge < -0.3 is 10.1 Å². The number of rotatable bonds is 7. The van der Waals surface area contributed by atoms with Crippen LogP contribution in [-0.2, 0) is 16.9 Å². The molecule has 0 fully saturated rings. The van der Waals surface area contributed by atoms with Crippen LogP contribution in [0.2, 0.25) is 5.02 Å². The Hall–Kier alpha value is -4.12. The molecule has 0 saturated heterocycles. The smallest absolute Gasteiger partial charge is 0.280 e. The molecule has 0 atom stereocenters. The Bertz CT molecular complexity index is 1690. The van der Waals surface area contributed by atoms with E-state index in [-0.39, 0.29) is 11.7 Å². The lowest BCUT2D eigenvalue weighted by Gasteiger charge is -2.23. The fourth-order valence-electron chi connectivity index (χ4n) is 3.77. The molecule has 4 aromatic rings.